The molecule has 0 aliphatic carbocycles. The van der Waals surface area contributed by atoms with Gasteiger partial charge in [-0.3, -0.25) is 4.79 Å². The zero-order valence-corrected chi connectivity index (χ0v) is 6.75. The van der Waals surface area contributed by atoms with Gasteiger partial charge in [0.25, 0.3) is 0 Å². The summed E-state index contributed by atoms with van der Waals surface area (Å²) in [6.45, 7) is 0. The van der Waals surface area contributed by atoms with E-state index in [-0.39, 0.29) is 22.9 Å². The molecule has 1 heterocycles. The molecule has 0 saturated heterocycles. The second-order valence-corrected chi connectivity index (χ2v) is 2.59. The molecule has 0 spiro atoms. The molecular weight excluding hydrogens is 182 g/mol. The van der Waals surface area contributed by atoms with Crippen LogP contribution >= 0.6 is 11.6 Å². The van der Waals surface area contributed by atoms with E-state index in [9.17, 15) is 4.79 Å². The minimum absolute atomic E-state index is 0.151. The standard InChI is InChI=1S/C7H6ClNO3/c8-6-1-4(2-7(11)12)5(10)3-9-6/h1,3,10H,2H2,(H,11,12). The number of carboxylic acid groups (broad SMARTS) is 1. The number of aromatic nitrogens is 1. The summed E-state index contributed by atoms with van der Waals surface area (Å²) in [4.78, 5) is 13.8. The van der Waals surface area contributed by atoms with Crippen molar-refractivity contribution in [2.24, 2.45) is 0 Å². The van der Waals surface area contributed by atoms with Gasteiger partial charge < -0.3 is 10.2 Å². The molecule has 0 unspecified atom stereocenters. The highest BCUT2D eigenvalue weighted by molar-refractivity contribution is 6.29. The van der Waals surface area contributed by atoms with E-state index in [2.05, 4.69) is 4.98 Å². The largest absolute Gasteiger partial charge is 0.506 e. The Kier molecular flexibility index (Phi) is 2.50. The molecule has 0 aliphatic heterocycles. The molecule has 0 atom stereocenters. The van der Waals surface area contributed by atoms with Gasteiger partial charge in [0.2, 0.25) is 0 Å². The molecule has 0 aliphatic rings. The summed E-state index contributed by atoms with van der Waals surface area (Å²) in [6.07, 6.45) is 0.870. The molecule has 0 fully saturated rings. The fourth-order valence-electron chi connectivity index (χ4n) is 0.765. The summed E-state index contributed by atoms with van der Waals surface area (Å²) in [7, 11) is 0. The van der Waals surface area contributed by atoms with Crippen molar-refractivity contribution >= 4 is 17.6 Å². The highest BCUT2D eigenvalue weighted by Gasteiger charge is 2.06. The number of hydrogen-bond acceptors (Lipinski definition) is 3. The summed E-state index contributed by atoms with van der Waals surface area (Å²) in [5.74, 6) is -1.17. The minimum atomic E-state index is -1.02. The van der Waals surface area contributed by atoms with Crippen LogP contribution in [0.1, 0.15) is 5.56 Å². The summed E-state index contributed by atoms with van der Waals surface area (Å²) >= 11 is 5.49. The normalized spacial score (nSPS) is 9.75. The van der Waals surface area contributed by atoms with Crippen molar-refractivity contribution in [2.75, 3.05) is 0 Å². The first-order chi connectivity index (χ1) is 5.59. The topological polar surface area (TPSA) is 70.4 Å². The third-order valence-corrected chi connectivity index (χ3v) is 1.48. The van der Waals surface area contributed by atoms with Crippen LogP contribution in [0.4, 0.5) is 0 Å². The first kappa shape index (κ1) is 8.80. The van der Waals surface area contributed by atoms with Crippen LogP contribution in [0.5, 0.6) is 5.75 Å². The number of rotatable bonds is 2. The maximum Gasteiger partial charge on any atom is 0.307 e. The van der Waals surface area contributed by atoms with Crippen LogP contribution in [0.25, 0.3) is 0 Å². The summed E-state index contributed by atoms with van der Waals surface area (Å²) < 4.78 is 0. The molecule has 0 saturated carbocycles. The maximum absolute atomic E-state index is 10.3. The summed E-state index contributed by atoms with van der Waals surface area (Å²) in [5.41, 5.74) is 0.266. The van der Waals surface area contributed by atoms with Gasteiger partial charge in [-0.25, -0.2) is 4.98 Å². The highest BCUT2D eigenvalue weighted by atomic mass is 35.5. The Labute approximate surface area is 73.4 Å². The molecule has 1 aromatic heterocycles. The first-order valence-electron chi connectivity index (χ1n) is 3.15. The van der Waals surface area contributed by atoms with E-state index in [1.807, 2.05) is 0 Å². The molecule has 0 radical (unpaired) electrons. The van der Waals surface area contributed by atoms with Crippen molar-refractivity contribution in [3.63, 3.8) is 0 Å². The van der Waals surface area contributed by atoms with Crippen molar-refractivity contribution < 1.29 is 15.0 Å². The molecule has 2 N–H and O–H groups in total. The second-order valence-electron chi connectivity index (χ2n) is 2.21. The molecule has 0 aromatic carbocycles. The third-order valence-electron chi connectivity index (χ3n) is 1.27. The Balaban J connectivity index is 2.97. The lowest BCUT2D eigenvalue weighted by molar-refractivity contribution is -0.136. The van der Waals surface area contributed by atoms with Crippen molar-refractivity contribution in [1.82, 2.24) is 4.98 Å². The van der Waals surface area contributed by atoms with E-state index in [0.29, 0.717) is 0 Å². The van der Waals surface area contributed by atoms with Crippen LogP contribution in [0.15, 0.2) is 12.3 Å². The molecule has 0 bridgehead atoms. The smallest absolute Gasteiger partial charge is 0.307 e. The molecular formula is C7H6ClNO3. The van der Waals surface area contributed by atoms with Gasteiger partial charge in [-0.05, 0) is 6.07 Å². The predicted octanol–water partition coefficient (Wildman–Crippen LogP) is 1.07. The number of hydrogen-bond donors (Lipinski definition) is 2. The number of carbonyl (C=O) groups is 1. The second kappa shape index (κ2) is 3.40. The number of halogens is 1. The minimum Gasteiger partial charge on any atom is -0.506 e. The SMILES string of the molecule is O=C(O)Cc1cc(Cl)ncc1O. The number of pyridine rings is 1. The molecule has 12 heavy (non-hydrogen) atoms. The summed E-state index contributed by atoms with van der Waals surface area (Å²) in [6, 6.07) is 1.32. The molecule has 1 rings (SSSR count). The van der Waals surface area contributed by atoms with Gasteiger partial charge in [0.05, 0.1) is 12.6 Å². The van der Waals surface area contributed by atoms with E-state index in [1.165, 1.54) is 6.07 Å². The lowest BCUT2D eigenvalue weighted by atomic mass is 10.2. The van der Waals surface area contributed by atoms with Crippen LogP contribution in [-0.2, 0) is 11.2 Å². The van der Waals surface area contributed by atoms with Crippen molar-refractivity contribution in [3.05, 3.63) is 23.0 Å². The van der Waals surface area contributed by atoms with E-state index in [0.717, 1.165) is 6.20 Å². The van der Waals surface area contributed by atoms with Gasteiger partial charge in [0.15, 0.2) is 0 Å². The van der Waals surface area contributed by atoms with E-state index >= 15 is 0 Å². The van der Waals surface area contributed by atoms with Crippen molar-refractivity contribution in [2.45, 2.75) is 6.42 Å². The van der Waals surface area contributed by atoms with Gasteiger partial charge >= 0.3 is 5.97 Å². The van der Waals surface area contributed by atoms with Gasteiger partial charge in [0, 0.05) is 5.56 Å². The van der Waals surface area contributed by atoms with Crippen LogP contribution in [-0.4, -0.2) is 21.2 Å². The highest BCUT2D eigenvalue weighted by Crippen LogP contribution is 2.18. The third kappa shape index (κ3) is 2.10. The van der Waals surface area contributed by atoms with Crippen LogP contribution in [0.2, 0.25) is 5.15 Å². The Bertz CT molecular complexity index is 314. The lowest BCUT2D eigenvalue weighted by Crippen LogP contribution is -2.00. The number of aromatic hydroxyl groups is 1. The fourth-order valence-corrected chi connectivity index (χ4v) is 0.946. The van der Waals surface area contributed by atoms with Gasteiger partial charge in [-0.2, -0.15) is 0 Å². The van der Waals surface area contributed by atoms with Crippen molar-refractivity contribution in [3.8, 4) is 5.75 Å². The number of nitrogens with zero attached hydrogens (tertiary/aromatic N) is 1. The average Bonchev–Trinajstić information content (AvgIpc) is 1.96. The zero-order chi connectivity index (χ0) is 9.14. The Morgan fingerprint density at radius 2 is 2.33 bits per heavy atom. The van der Waals surface area contributed by atoms with Gasteiger partial charge in [0.1, 0.15) is 10.9 Å². The fraction of sp³-hybridized carbons (Fsp3) is 0.143. The quantitative estimate of drug-likeness (QED) is 0.680. The average molecular weight is 188 g/mol. The monoisotopic (exact) mass is 187 g/mol. The Morgan fingerprint density at radius 1 is 1.67 bits per heavy atom. The van der Waals surface area contributed by atoms with Crippen LogP contribution < -0.4 is 0 Å². The molecule has 5 heteroatoms. The van der Waals surface area contributed by atoms with E-state index in [1.54, 1.807) is 0 Å². The van der Waals surface area contributed by atoms with Crippen molar-refractivity contribution in [1.29, 1.82) is 0 Å². The summed E-state index contributed by atoms with van der Waals surface area (Å²) in [5, 5.41) is 17.7. The predicted molar refractivity (Wildman–Crippen MR) is 42.3 cm³/mol. The number of aliphatic carboxylic acids is 1. The number of carboxylic acids is 1. The Morgan fingerprint density at radius 3 is 2.92 bits per heavy atom. The molecule has 1 aromatic rings. The van der Waals surface area contributed by atoms with Gasteiger partial charge in [-0.1, -0.05) is 11.6 Å². The van der Waals surface area contributed by atoms with Crippen LogP contribution in [0.3, 0.4) is 0 Å². The first-order valence-corrected chi connectivity index (χ1v) is 3.52. The van der Waals surface area contributed by atoms with E-state index < -0.39 is 5.97 Å². The Hall–Kier alpha value is -1.29. The van der Waals surface area contributed by atoms with Crippen LogP contribution in [0, 0.1) is 0 Å². The molecule has 0 amide bonds. The molecule has 4 nitrogen and oxygen atoms in total. The zero-order valence-electron chi connectivity index (χ0n) is 5.99. The lowest BCUT2D eigenvalue weighted by Gasteiger charge is -1.99. The van der Waals surface area contributed by atoms with E-state index in [4.69, 9.17) is 21.8 Å². The van der Waals surface area contributed by atoms with Gasteiger partial charge in [-0.15, -0.1) is 0 Å². The molecule has 64 valence electrons. The maximum atomic E-state index is 10.3.